The van der Waals surface area contributed by atoms with Crippen molar-refractivity contribution in [2.24, 2.45) is 7.05 Å². The van der Waals surface area contributed by atoms with Gasteiger partial charge in [0.2, 0.25) is 0 Å². The van der Waals surface area contributed by atoms with E-state index in [-0.39, 0.29) is 23.9 Å². The van der Waals surface area contributed by atoms with Crippen LogP contribution in [0.25, 0.3) is 0 Å². The first-order chi connectivity index (χ1) is 18.5. The second-order valence-electron chi connectivity index (χ2n) is 9.46. The van der Waals surface area contributed by atoms with Gasteiger partial charge in [0.1, 0.15) is 5.69 Å². The van der Waals surface area contributed by atoms with Crippen molar-refractivity contribution in [1.82, 2.24) is 29.9 Å². The number of nitrogens with one attached hydrogen (secondary N) is 1. The highest BCUT2D eigenvalue weighted by Crippen LogP contribution is 2.32. The van der Waals surface area contributed by atoms with Gasteiger partial charge in [0, 0.05) is 57.9 Å². The van der Waals surface area contributed by atoms with Crippen LogP contribution in [0.3, 0.4) is 0 Å². The molecule has 5 rings (SSSR count). The molecule has 3 heterocycles. The fraction of sp³-hybridized carbons (Fsp3) is 0.241. The van der Waals surface area contributed by atoms with E-state index >= 15 is 0 Å². The zero-order valence-electron chi connectivity index (χ0n) is 21.3. The van der Waals surface area contributed by atoms with Gasteiger partial charge in [-0.1, -0.05) is 60.7 Å². The normalized spacial score (nSPS) is 15.9. The number of aryl methyl sites for hydroxylation is 1. The number of nitrogens with two attached hydrogens (primary N) is 1. The van der Waals surface area contributed by atoms with Crippen molar-refractivity contribution in [3.05, 3.63) is 114 Å². The number of aromatic nitrogens is 3. The Hall–Kier alpha value is -4.50. The molecule has 9 heteroatoms. The first-order valence-electron chi connectivity index (χ1n) is 12.6. The van der Waals surface area contributed by atoms with E-state index in [1.54, 1.807) is 36.3 Å². The van der Waals surface area contributed by atoms with Crippen molar-refractivity contribution >= 4 is 17.5 Å². The molecule has 1 saturated heterocycles. The fourth-order valence-corrected chi connectivity index (χ4v) is 5.02. The van der Waals surface area contributed by atoms with Gasteiger partial charge in [0.15, 0.2) is 0 Å². The number of benzene rings is 2. The zero-order valence-corrected chi connectivity index (χ0v) is 21.3. The Morgan fingerprint density at radius 1 is 1.00 bits per heavy atom. The standard InChI is InChI=1S/C29H31N7O2/c1-34-13-12-26(33-34)28(37)32-19-25-20-35(29(38)23-16-24(30)18-31-17-23)14-15-36(25)27(21-8-4-2-5-9-21)22-10-6-3-7-11-22/h2-13,16-18,25,27H,14-15,19-20,30H2,1H3,(H,32,37). The Bertz CT molecular complexity index is 1350. The summed E-state index contributed by atoms with van der Waals surface area (Å²) in [5.74, 6) is -0.369. The van der Waals surface area contributed by atoms with E-state index < -0.39 is 0 Å². The van der Waals surface area contributed by atoms with Crippen molar-refractivity contribution in [3.63, 3.8) is 0 Å². The highest BCUT2D eigenvalue weighted by atomic mass is 16.2. The zero-order chi connectivity index (χ0) is 26.5. The number of pyridine rings is 1. The van der Waals surface area contributed by atoms with Gasteiger partial charge in [0.25, 0.3) is 11.8 Å². The lowest BCUT2D eigenvalue weighted by Crippen LogP contribution is -2.59. The number of hydrogen-bond donors (Lipinski definition) is 2. The minimum atomic E-state index is -0.245. The number of hydrogen-bond acceptors (Lipinski definition) is 6. The monoisotopic (exact) mass is 509 g/mol. The molecule has 0 radical (unpaired) electrons. The molecule has 194 valence electrons. The minimum absolute atomic E-state index is 0.0413. The molecule has 1 aliphatic heterocycles. The van der Waals surface area contributed by atoms with Crippen LogP contribution in [0.15, 0.2) is 91.4 Å². The van der Waals surface area contributed by atoms with Crippen LogP contribution in [0, 0.1) is 0 Å². The lowest BCUT2D eigenvalue weighted by atomic mass is 9.94. The number of carbonyl (C=O) groups is 2. The number of amides is 2. The number of nitrogens with zero attached hydrogens (tertiary/aromatic N) is 5. The molecule has 0 aliphatic carbocycles. The molecular formula is C29H31N7O2. The summed E-state index contributed by atoms with van der Waals surface area (Å²) >= 11 is 0. The van der Waals surface area contributed by atoms with Gasteiger partial charge in [-0.05, 0) is 23.3 Å². The largest absolute Gasteiger partial charge is 0.397 e. The van der Waals surface area contributed by atoms with Crippen molar-refractivity contribution in [3.8, 4) is 0 Å². The maximum absolute atomic E-state index is 13.4. The van der Waals surface area contributed by atoms with E-state index in [1.165, 1.54) is 6.20 Å². The van der Waals surface area contributed by atoms with E-state index in [1.807, 2.05) is 41.3 Å². The molecule has 0 spiro atoms. The molecule has 1 unspecified atom stereocenters. The van der Waals surface area contributed by atoms with Crippen molar-refractivity contribution in [2.75, 3.05) is 31.9 Å². The lowest BCUT2D eigenvalue weighted by Gasteiger charge is -2.45. The number of piperazine rings is 1. The average Bonchev–Trinajstić information content (AvgIpc) is 3.39. The summed E-state index contributed by atoms with van der Waals surface area (Å²) in [6.45, 7) is 1.95. The second-order valence-corrected chi connectivity index (χ2v) is 9.46. The van der Waals surface area contributed by atoms with E-state index in [4.69, 9.17) is 5.73 Å². The topological polar surface area (TPSA) is 109 Å². The Kier molecular flexibility index (Phi) is 7.46. The molecular weight excluding hydrogens is 478 g/mol. The van der Waals surface area contributed by atoms with E-state index in [9.17, 15) is 9.59 Å². The van der Waals surface area contributed by atoms with Crippen LogP contribution < -0.4 is 11.1 Å². The summed E-state index contributed by atoms with van der Waals surface area (Å²) in [5, 5.41) is 7.27. The van der Waals surface area contributed by atoms with Gasteiger partial charge in [0.05, 0.1) is 17.3 Å². The van der Waals surface area contributed by atoms with E-state index in [0.29, 0.717) is 43.1 Å². The first kappa shape index (κ1) is 25.2. The molecule has 4 aromatic rings. The SMILES string of the molecule is Cn1ccc(C(=O)NCC2CN(C(=O)c3cncc(N)c3)CCN2C(c2ccccc2)c2ccccc2)n1. The molecule has 9 nitrogen and oxygen atoms in total. The Morgan fingerprint density at radius 2 is 1.68 bits per heavy atom. The maximum Gasteiger partial charge on any atom is 0.271 e. The minimum Gasteiger partial charge on any atom is -0.397 e. The molecule has 0 saturated carbocycles. The predicted molar refractivity (Wildman–Crippen MR) is 145 cm³/mol. The third-order valence-electron chi connectivity index (χ3n) is 6.83. The number of nitrogen functional groups attached to an aromatic ring is 1. The highest BCUT2D eigenvalue weighted by molar-refractivity contribution is 5.95. The van der Waals surface area contributed by atoms with Crippen LogP contribution >= 0.6 is 0 Å². The van der Waals surface area contributed by atoms with Crippen molar-refractivity contribution in [2.45, 2.75) is 12.1 Å². The highest BCUT2D eigenvalue weighted by Gasteiger charge is 2.36. The molecule has 0 bridgehead atoms. The first-order valence-corrected chi connectivity index (χ1v) is 12.6. The molecule has 1 aliphatic rings. The number of rotatable bonds is 7. The molecule has 3 N–H and O–H groups in total. The van der Waals surface area contributed by atoms with E-state index in [2.05, 4.69) is 44.6 Å². The van der Waals surface area contributed by atoms with Crippen LogP contribution in [-0.2, 0) is 7.05 Å². The molecule has 2 aromatic carbocycles. The third kappa shape index (κ3) is 5.57. The second kappa shape index (κ2) is 11.3. The van der Waals surface area contributed by atoms with Gasteiger partial charge in [-0.3, -0.25) is 24.2 Å². The van der Waals surface area contributed by atoms with Crippen molar-refractivity contribution < 1.29 is 9.59 Å². The smallest absolute Gasteiger partial charge is 0.271 e. The van der Waals surface area contributed by atoms with Gasteiger partial charge >= 0.3 is 0 Å². The van der Waals surface area contributed by atoms with Crippen LogP contribution in [-0.4, -0.2) is 68.6 Å². The van der Waals surface area contributed by atoms with E-state index in [0.717, 1.165) is 11.1 Å². The fourth-order valence-electron chi connectivity index (χ4n) is 5.02. The Labute approximate surface area is 221 Å². The van der Waals surface area contributed by atoms with Crippen LogP contribution in [0.5, 0.6) is 0 Å². The lowest BCUT2D eigenvalue weighted by molar-refractivity contribution is 0.0382. The van der Waals surface area contributed by atoms with Gasteiger partial charge in [-0.2, -0.15) is 5.10 Å². The molecule has 1 atom stereocenters. The molecule has 2 aromatic heterocycles. The summed E-state index contributed by atoms with van der Waals surface area (Å²) < 4.78 is 1.60. The summed E-state index contributed by atoms with van der Waals surface area (Å²) in [7, 11) is 1.78. The summed E-state index contributed by atoms with van der Waals surface area (Å²) in [4.78, 5) is 34.6. The molecule has 38 heavy (non-hydrogen) atoms. The quantitative estimate of drug-likeness (QED) is 0.397. The number of anilines is 1. The molecule has 1 fully saturated rings. The van der Waals surface area contributed by atoms with Crippen LogP contribution in [0.1, 0.15) is 38.0 Å². The number of carbonyl (C=O) groups excluding carboxylic acids is 2. The maximum atomic E-state index is 13.4. The van der Waals surface area contributed by atoms with Crippen LogP contribution in [0.2, 0.25) is 0 Å². The third-order valence-corrected chi connectivity index (χ3v) is 6.83. The Balaban J connectivity index is 1.44. The molecule has 2 amide bonds. The summed E-state index contributed by atoms with van der Waals surface area (Å²) in [6, 6.07) is 23.8. The van der Waals surface area contributed by atoms with Gasteiger partial charge in [-0.25, -0.2) is 0 Å². The van der Waals surface area contributed by atoms with Gasteiger partial charge in [-0.15, -0.1) is 0 Å². The predicted octanol–water partition coefficient (Wildman–Crippen LogP) is 2.74. The van der Waals surface area contributed by atoms with Crippen molar-refractivity contribution in [1.29, 1.82) is 0 Å². The summed E-state index contributed by atoms with van der Waals surface area (Å²) in [5.41, 5.74) is 9.45. The Morgan fingerprint density at radius 3 is 2.29 bits per heavy atom. The average molecular weight is 510 g/mol. The van der Waals surface area contributed by atoms with Gasteiger partial charge < -0.3 is 16.0 Å². The summed E-state index contributed by atoms with van der Waals surface area (Å²) in [6.07, 6.45) is 4.80. The van der Waals surface area contributed by atoms with Crippen LogP contribution in [0.4, 0.5) is 5.69 Å².